The number of benzene rings is 1. The number of amides is 3. The van der Waals surface area contributed by atoms with Crippen molar-refractivity contribution in [1.82, 2.24) is 16.0 Å². The fourth-order valence-electron chi connectivity index (χ4n) is 2.94. The van der Waals surface area contributed by atoms with E-state index in [9.17, 15) is 9.59 Å². The SMILES string of the molecule is CC(NC(=O)NCCC(=O)NC1CCCCC1)c1cccc(Cl)c1. The summed E-state index contributed by atoms with van der Waals surface area (Å²) in [6.07, 6.45) is 6.07. The molecule has 1 atom stereocenters. The molecule has 0 heterocycles. The summed E-state index contributed by atoms with van der Waals surface area (Å²) < 4.78 is 0. The van der Waals surface area contributed by atoms with Crippen molar-refractivity contribution in [3.8, 4) is 0 Å². The Labute approximate surface area is 148 Å². The van der Waals surface area contributed by atoms with Crippen LogP contribution in [0.15, 0.2) is 24.3 Å². The van der Waals surface area contributed by atoms with Crippen LogP contribution in [0.4, 0.5) is 4.79 Å². The summed E-state index contributed by atoms with van der Waals surface area (Å²) in [4.78, 5) is 23.8. The third-order valence-corrected chi connectivity index (χ3v) is 4.54. The zero-order valence-corrected chi connectivity index (χ0v) is 14.9. The van der Waals surface area contributed by atoms with E-state index in [1.165, 1.54) is 19.3 Å². The highest BCUT2D eigenvalue weighted by Crippen LogP contribution is 2.18. The lowest BCUT2D eigenvalue weighted by atomic mass is 9.95. The molecular weight excluding hydrogens is 326 g/mol. The highest BCUT2D eigenvalue weighted by Gasteiger charge is 2.15. The van der Waals surface area contributed by atoms with E-state index in [1.807, 2.05) is 25.1 Å². The van der Waals surface area contributed by atoms with Crippen molar-refractivity contribution in [2.45, 2.75) is 57.5 Å². The van der Waals surface area contributed by atoms with E-state index in [2.05, 4.69) is 16.0 Å². The molecule has 0 bridgehead atoms. The fraction of sp³-hybridized carbons (Fsp3) is 0.556. The maximum absolute atomic E-state index is 11.9. The summed E-state index contributed by atoms with van der Waals surface area (Å²) in [5.41, 5.74) is 0.938. The first-order chi connectivity index (χ1) is 11.5. The second-order valence-corrected chi connectivity index (χ2v) is 6.77. The van der Waals surface area contributed by atoms with Crippen LogP contribution in [0.1, 0.15) is 57.1 Å². The van der Waals surface area contributed by atoms with Gasteiger partial charge in [0.25, 0.3) is 0 Å². The Kier molecular flexibility index (Phi) is 7.37. The largest absolute Gasteiger partial charge is 0.353 e. The van der Waals surface area contributed by atoms with Crippen LogP contribution >= 0.6 is 11.6 Å². The predicted octanol–water partition coefficient (Wildman–Crippen LogP) is 3.54. The molecule has 24 heavy (non-hydrogen) atoms. The van der Waals surface area contributed by atoms with Gasteiger partial charge >= 0.3 is 6.03 Å². The van der Waals surface area contributed by atoms with Crippen LogP contribution in [0.3, 0.4) is 0 Å². The highest BCUT2D eigenvalue weighted by atomic mass is 35.5. The smallest absolute Gasteiger partial charge is 0.315 e. The molecule has 0 aromatic heterocycles. The molecule has 2 rings (SSSR count). The van der Waals surface area contributed by atoms with E-state index in [1.54, 1.807) is 6.07 Å². The third kappa shape index (κ3) is 6.40. The fourth-order valence-corrected chi connectivity index (χ4v) is 3.14. The van der Waals surface area contributed by atoms with Crippen LogP contribution in [0.5, 0.6) is 0 Å². The molecule has 1 unspecified atom stereocenters. The maximum Gasteiger partial charge on any atom is 0.315 e. The van der Waals surface area contributed by atoms with Crippen molar-refractivity contribution in [3.05, 3.63) is 34.9 Å². The Balaban J connectivity index is 1.64. The van der Waals surface area contributed by atoms with Crippen LogP contribution in [-0.4, -0.2) is 24.5 Å². The molecule has 1 aliphatic carbocycles. The molecule has 0 saturated heterocycles. The molecule has 5 nitrogen and oxygen atoms in total. The number of nitrogens with one attached hydrogen (secondary N) is 3. The van der Waals surface area contributed by atoms with Crippen molar-refractivity contribution in [1.29, 1.82) is 0 Å². The first kappa shape index (κ1) is 18.6. The minimum atomic E-state index is -0.284. The molecule has 0 aliphatic heterocycles. The van der Waals surface area contributed by atoms with Gasteiger partial charge in [-0.3, -0.25) is 4.79 Å². The van der Waals surface area contributed by atoms with Crippen LogP contribution in [0, 0.1) is 0 Å². The van der Waals surface area contributed by atoms with Gasteiger partial charge in [-0.1, -0.05) is 43.0 Å². The minimum absolute atomic E-state index is 0.00471. The van der Waals surface area contributed by atoms with Crippen LogP contribution < -0.4 is 16.0 Å². The number of halogens is 1. The lowest BCUT2D eigenvalue weighted by molar-refractivity contribution is -0.121. The molecule has 0 spiro atoms. The van der Waals surface area contributed by atoms with Gasteiger partial charge in [0.05, 0.1) is 6.04 Å². The van der Waals surface area contributed by atoms with E-state index < -0.39 is 0 Å². The van der Waals surface area contributed by atoms with E-state index in [0.29, 0.717) is 24.0 Å². The highest BCUT2D eigenvalue weighted by molar-refractivity contribution is 6.30. The zero-order valence-electron chi connectivity index (χ0n) is 14.1. The summed E-state index contributed by atoms with van der Waals surface area (Å²) >= 11 is 5.95. The normalized spacial score (nSPS) is 16.2. The molecule has 1 aliphatic rings. The molecule has 6 heteroatoms. The lowest BCUT2D eigenvalue weighted by Crippen LogP contribution is -2.41. The van der Waals surface area contributed by atoms with Crippen LogP contribution in [0.2, 0.25) is 5.02 Å². The van der Waals surface area contributed by atoms with Crippen molar-refractivity contribution < 1.29 is 9.59 Å². The molecule has 1 aromatic carbocycles. The monoisotopic (exact) mass is 351 g/mol. The topological polar surface area (TPSA) is 70.2 Å². The third-order valence-electron chi connectivity index (χ3n) is 4.30. The van der Waals surface area contributed by atoms with Crippen LogP contribution in [-0.2, 0) is 4.79 Å². The first-order valence-corrected chi connectivity index (χ1v) is 9.01. The predicted molar refractivity (Wildman–Crippen MR) is 96.0 cm³/mol. The Bertz CT molecular complexity index is 559. The quantitative estimate of drug-likeness (QED) is 0.733. The van der Waals surface area contributed by atoms with Gasteiger partial charge in [-0.25, -0.2) is 4.79 Å². The molecular formula is C18H26ClN3O2. The van der Waals surface area contributed by atoms with Gasteiger partial charge in [-0.15, -0.1) is 0 Å². The number of hydrogen-bond donors (Lipinski definition) is 3. The van der Waals surface area contributed by atoms with E-state index >= 15 is 0 Å². The van der Waals surface area contributed by atoms with Crippen molar-refractivity contribution in [3.63, 3.8) is 0 Å². The molecule has 1 saturated carbocycles. The molecule has 3 amide bonds. The average molecular weight is 352 g/mol. The lowest BCUT2D eigenvalue weighted by Gasteiger charge is -2.22. The second-order valence-electron chi connectivity index (χ2n) is 6.33. The number of urea groups is 1. The molecule has 1 fully saturated rings. The molecule has 132 valence electrons. The Morgan fingerprint density at radius 2 is 2.00 bits per heavy atom. The summed E-state index contributed by atoms with van der Waals surface area (Å²) in [5.74, 6) is 0.00471. The van der Waals surface area contributed by atoms with Crippen molar-refractivity contribution >= 4 is 23.5 Å². The number of rotatable bonds is 6. The number of carbonyl (C=O) groups excluding carboxylic acids is 2. The van der Waals surface area contributed by atoms with Gasteiger partial charge in [-0.2, -0.15) is 0 Å². The maximum atomic E-state index is 11.9. The number of hydrogen-bond acceptors (Lipinski definition) is 2. The van der Waals surface area contributed by atoms with E-state index in [4.69, 9.17) is 11.6 Å². The molecule has 0 radical (unpaired) electrons. The summed E-state index contributed by atoms with van der Waals surface area (Å²) in [5, 5.41) is 9.24. The van der Waals surface area contributed by atoms with Crippen LogP contribution in [0.25, 0.3) is 0 Å². The summed E-state index contributed by atoms with van der Waals surface area (Å²) in [7, 11) is 0. The van der Waals surface area contributed by atoms with Gasteiger partial charge < -0.3 is 16.0 Å². The minimum Gasteiger partial charge on any atom is -0.353 e. The number of carbonyl (C=O) groups is 2. The Morgan fingerprint density at radius 1 is 1.25 bits per heavy atom. The first-order valence-electron chi connectivity index (χ1n) is 8.64. The summed E-state index contributed by atoms with van der Waals surface area (Å²) in [6, 6.07) is 7.25. The van der Waals surface area contributed by atoms with E-state index in [0.717, 1.165) is 18.4 Å². The Morgan fingerprint density at radius 3 is 2.71 bits per heavy atom. The second kappa shape index (κ2) is 9.52. The zero-order chi connectivity index (χ0) is 17.4. The van der Waals surface area contributed by atoms with Gasteiger partial charge in [-0.05, 0) is 37.5 Å². The standard InChI is InChI=1S/C18H26ClN3O2/c1-13(14-6-5-7-15(19)12-14)21-18(24)20-11-10-17(23)22-16-8-3-2-4-9-16/h5-7,12-13,16H,2-4,8-11H2,1H3,(H,22,23)(H2,20,21,24). The Hall–Kier alpha value is -1.75. The van der Waals surface area contributed by atoms with Gasteiger partial charge in [0, 0.05) is 24.0 Å². The van der Waals surface area contributed by atoms with E-state index in [-0.39, 0.29) is 18.0 Å². The molecule has 1 aromatic rings. The molecule has 3 N–H and O–H groups in total. The average Bonchev–Trinajstić information content (AvgIpc) is 2.55. The van der Waals surface area contributed by atoms with Crippen molar-refractivity contribution in [2.75, 3.05) is 6.54 Å². The van der Waals surface area contributed by atoms with Crippen molar-refractivity contribution in [2.24, 2.45) is 0 Å². The van der Waals surface area contributed by atoms with Gasteiger partial charge in [0.1, 0.15) is 0 Å². The van der Waals surface area contributed by atoms with Gasteiger partial charge in [0.15, 0.2) is 0 Å². The summed E-state index contributed by atoms with van der Waals surface area (Å²) in [6.45, 7) is 2.22. The van der Waals surface area contributed by atoms with Gasteiger partial charge in [0.2, 0.25) is 5.91 Å².